The van der Waals surface area contributed by atoms with Gasteiger partial charge >= 0.3 is 0 Å². The molecule has 0 N–H and O–H groups in total. The zero-order valence-electron chi connectivity index (χ0n) is 19.5. The molecule has 0 saturated carbocycles. The average molecular weight is 487 g/mol. The molecule has 1 saturated heterocycles. The topological polar surface area (TPSA) is 85.4 Å². The van der Waals surface area contributed by atoms with E-state index in [2.05, 4.69) is 0 Å². The Hall–Kier alpha value is -2.88. The van der Waals surface area contributed by atoms with Gasteiger partial charge in [0.1, 0.15) is 0 Å². The largest absolute Gasteiger partial charge is 0.493 e. The van der Waals surface area contributed by atoms with Crippen molar-refractivity contribution in [1.29, 1.82) is 0 Å². The molecule has 1 amide bonds. The minimum atomic E-state index is -3.57. The van der Waals surface area contributed by atoms with Gasteiger partial charge in [-0.2, -0.15) is 4.31 Å². The third kappa shape index (κ3) is 5.11. The third-order valence-electron chi connectivity index (χ3n) is 5.89. The van der Waals surface area contributed by atoms with E-state index in [4.69, 9.17) is 14.2 Å². The van der Waals surface area contributed by atoms with Crippen molar-refractivity contribution < 1.29 is 27.4 Å². The molecule has 9 heteroatoms. The summed E-state index contributed by atoms with van der Waals surface area (Å²) in [6.45, 7) is 4.66. The van der Waals surface area contributed by atoms with Crippen molar-refractivity contribution in [3.05, 3.63) is 53.6 Å². The van der Waals surface area contributed by atoms with E-state index in [1.54, 1.807) is 36.3 Å². The lowest BCUT2D eigenvalue weighted by atomic mass is 10.1. The third-order valence-corrected chi connectivity index (χ3v) is 7.78. The number of benzene rings is 2. The number of methoxy groups -OCH3 is 1. The number of carbonyl (C=O) groups excluding carboxylic acids is 1. The van der Waals surface area contributed by atoms with Gasteiger partial charge in [-0.3, -0.25) is 4.79 Å². The van der Waals surface area contributed by atoms with Crippen molar-refractivity contribution in [2.45, 2.75) is 24.7 Å². The zero-order chi connectivity index (χ0) is 24.1. The highest BCUT2D eigenvalue weighted by atomic mass is 32.2. The van der Waals surface area contributed by atoms with Crippen LogP contribution in [-0.4, -0.2) is 65.2 Å². The van der Waals surface area contributed by atoms with E-state index < -0.39 is 10.0 Å². The number of nitrogens with zero attached hydrogens (tertiary/aromatic N) is 2. The van der Waals surface area contributed by atoms with Crippen LogP contribution in [0.2, 0.25) is 0 Å². The Labute approximate surface area is 200 Å². The van der Waals surface area contributed by atoms with Gasteiger partial charge in [-0.15, -0.1) is 0 Å². The van der Waals surface area contributed by atoms with Crippen molar-refractivity contribution in [3.63, 3.8) is 0 Å². The van der Waals surface area contributed by atoms with E-state index in [-0.39, 0.29) is 10.8 Å². The molecule has 0 bridgehead atoms. The molecule has 182 valence electrons. The Kier molecular flexibility index (Phi) is 7.55. The normalized spacial score (nSPS) is 16.6. The smallest absolute Gasteiger partial charge is 0.251 e. The van der Waals surface area contributed by atoms with Crippen molar-refractivity contribution in [1.82, 2.24) is 4.31 Å². The van der Waals surface area contributed by atoms with Gasteiger partial charge in [0.25, 0.3) is 5.91 Å². The Balaban J connectivity index is 1.48. The Morgan fingerprint density at radius 2 is 1.88 bits per heavy atom. The van der Waals surface area contributed by atoms with Crippen LogP contribution < -0.4 is 14.4 Å². The van der Waals surface area contributed by atoms with E-state index in [1.807, 2.05) is 25.1 Å². The first kappa shape index (κ1) is 24.3. The summed E-state index contributed by atoms with van der Waals surface area (Å²) in [5, 5.41) is 0. The number of hydrogen-bond donors (Lipinski definition) is 0. The van der Waals surface area contributed by atoms with Crippen molar-refractivity contribution in [3.8, 4) is 11.5 Å². The van der Waals surface area contributed by atoms with Gasteiger partial charge in [0.2, 0.25) is 10.0 Å². The van der Waals surface area contributed by atoms with Crippen LogP contribution in [0.3, 0.4) is 0 Å². The molecule has 0 unspecified atom stereocenters. The van der Waals surface area contributed by atoms with Crippen molar-refractivity contribution in [2.75, 3.05) is 51.5 Å². The maximum absolute atomic E-state index is 13.0. The molecule has 1 fully saturated rings. The van der Waals surface area contributed by atoms with Crippen LogP contribution in [0.1, 0.15) is 24.5 Å². The summed E-state index contributed by atoms with van der Waals surface area (Å²) in [5.74, 6) is 1.13. The monoisotopic (exact) mass is 486 g/mol. The second kappa shape index (κ2) is 10.6. The van der Waals surface area contributed by atoms with Crippen molar-refractivity contribution >= 4 is 27.7 Å². The highest BCUT2D eigenvalue weighted by molar-refractivity contribution is 7.89. The fourth-order valence-electron chi connectivity index (χ4n) is 4.08. The lowest BCUT2D eigenvalue weighted by molar-refractivity contribution is -0.114. The molecule has 4 rings (SSSR count). The molecule has 0 atom stereocenters. The van der Waals surface area contributed by atoms with Crippen LogP contribution in [0, 0.1) is 0 Å². The van der Waals surface area contributed by atoms with Crippen LogP contribution in [0.15, 0.2) is 47.4 Å². The van der Waals surface area contributed by atoms with Gasteiger partial charge in [0, 0.05) is 31.4 Å². The van der Waals surface area contributed by atoms with Gasteiger partial charge in [-0.05, 0) is 60.4 Å². The fourth-order valence-corrected chi connectivity index (χ4v) is 5.54. The zero-order valence-corrected chi connectivity index (χ0v) is 20.3. The van der Waals surface area contributed by atoms with E-state index in [1.165, 1.54) is 10.4 Å². The minimum Gasteiger partial charge on any atom is -0.493 e. The Morgan fingerprint density at radius 3 is 2.62 bits per heavy atom. The molecular formula is C25H30N2O6S. The maximum Gasteiger partial charge on any atom is 0.251 e. The van der Waals surface area contributed by atoms with E-state index in [9.17, 15) is 13.2 Å². The molecule has 34 heavy (non-hydrogen) atoms. The van der Waals surface area contributed by atoms with Crippen LogP contribution in [-0.2, 0) is 26.0 Å². The highest BCUT2D eigenvalue weighted by Gasteiger charge is 2.29. The number of fused-ring (bicyclic) bond motifs is 1. The number of amides is 1. The summed E-state index contributed by atoms with van der Waals surface area (Å²) in [6.07, 6.45) is 4.77. The summed E-state index contributed by atoms with van der Waals surface area (Å²) in [4.78, 5) is 14.8. The summed E-state index contributed by atoms with van der Waals surface area (Å²) in [6, 6.07) is 10.5. The minimum absolute atomic E-state index is 0.159. The number of rotatable bonds is 8. The lowest BCUT2D eigenvalue weighted by Crippen LogP contribution is -2.40. The standard InChI is InChI=1S/C25H30N2O6S/c1-3-14-33-23-8-4-19(17-24(23)31-2)5-9-25(28)27-11-10-20-18-21(6-7-22(20)27)34(29,30)26-12-15-32-16-13-26/h4-9,17-18H,3,10-16H2,1-2H3/b9-5+. The maximum atomic E-state index is 13.0. The van der Waals surface area contributed by atoms with Crippen LogP contribution in [0.5, 0.6) is 11.5 Å². The molecule has 2 aliphatic heterocycles. The molecule has 2 aromatic rings. The molecule has 2 aliphatic rings. The second-order valence-corrected chi connectivity index (χ2v) is 10.1. The number of morpholine rings is 1. The number of anilines is 1. The molecule has 0 radical (unpaired) electrons. The van der Waals surface area contributed by atoms with Crippen LogP contribution >= 0.6 is 0 Å². The summed E-state index contributed by atoms with van der Waals surface area (Å²) >= 11 is 0. The molecule has 0 aliphatic carbocycles. The molecule has 8 nitrogen and oxygen atoms in total. The Bertz CT molecular complexity index is 1170. The van der Waals surface area contributed by atoms with Gasteiger partial charge < -0.3 is 19.1 Å². The first-order valence-corrected chi connectivity index (χ1v) is 12.9. The first-order chi connectivity index (χ1) is 16.4. The van der Waals surface area contributed by atoms with E-state index in [0.29, 0.717) is 57.4 Å². The van der Waals surface area contributed by atoms with Crippen LogP contribution in [0.25, 0.3) is 6.08 Å². The number of sulfonamides is 1. The summed E-state index contributed by atoms with van der Waals surface area (Å²) in [5.41, 5.74) is 2.42. The van der Waals surface area contributed by atoms with Gasteiger partial charge in [-0.1, -0.05) is 13.0 Å². The lowest BCUT2D eigenvalue weighted by Gasteiger charge is -2.26. The predicted molar refractivity (Wildman–Crippen MR) is 130 cm³/mol. The highest BCUT2D eigenvalue weighted by Crippen LogP contribution is 2.32. The van der Waals surface area contributed by atoms with Gasteiger partial charge in [0.15, 0.2) is 11.5 Å². The SMILES string of the molecule is CCCOc1ccc(/C=C/C(=O)N2CCc3cc(S(=O)(=O)N4CCOCC4)ccc32)cc1OC. The fraction of sp³-hybridized carbons (Fsp3) is 0.400. The molecule has 0 aromatic heterocycles. The Morgan fingerprint density at radius 1 is 1.09 bits per heavy atom. The summed E-state index contributed by atoms with van der Waals surface area (Å²) in [7, 11) is -1.99. The second-order valence-electron chi connectivity index (χ2n) is 8.14. The quantitative estimate of drug-likeness (QED) is 0.533. The molecule has 2 heterocycles. The molecule has 0 spiro atoms. The van der Waals surface area contributed by atoms with Gasteiger partial charge in [0.05, 0.1) is 31.8 Å². The van der Waals surface area contributed by atoms with Gasteiger partial charge in [-0.25, -0.2) is 8.42 Å². The number of ether oxygens (including phenoxy) is 3. The van der Waals surface area contributed by atoms with E-state index in [0.717, 1.165) is 23.2 Å². The van der Waals surface area contributed by atoms with E-state index >= 15 is 0 Å². The molecular weight excluding hydrogens is 456 g/mol. The summed E-state index contributed by atoms with van der Waals surface area (Å²) < 4.78 is 43.7. The number of hydrogen-bond acceptors (Lipinski definition) is 6. The predicted octanol–water partition coefficient (Wildman–Crippen LogP) is 3.11. The molecule has 2 aromatic carbocycles. The average Bonchev–Trinajstić information content (AvgIpc) is 3.30. The number of carbonyl (C=O) groups is 1. The van der Waals surface area contributed by atoms with Crippen LogP contribution in [0.4, 0.5) is 5.69 Å². The first-order valence-electron chi connectivity index (χ1n) is 11.4. The van der Waals surface area contributed by atoms with Crippen molar-refractivity contribution in [2.24, 2.45) is 0 Å².